The molecule has 0 aliphatic rings. The molecule has 108 valence electrons. The van der Waals surface area contributed by atoms with Gasteiger partial charge in [-0.3, -0.25) is 0 Å². The Labute approximate surface area is 125 Å². The predicted octanol–water partition coefficient (Wildman–Crippen LogP) is 4.18. The normalized spacial score (nSPS) is 12.3. The van der Waals surface area contributed by atoms with E-state index in [0.29, 0.717) is 6.04 Å². The van der Waals surface area contributed by atoms with Gasteiger partial charge in [-0.1, -0.05) is 12.1 Å². The zero-order valence-electron chi connectivity index (χ0n) is 12.5. The van der Waals surface area contributed by atoms with Crippen molar-refractivity contribution in [1.29, 1.82) is 0 Å². The average molecular weight is 289 g/mol. The fraction of sp³-hybridized carbons (Fsp3) is 0.412. The van der Waals surface area contributed by atoms with Crippen molar-refractivity contribution in [3.05, 3.63) is 51.7 Å². The predicted molar refractivity (Wildman–Crippen MR) is 86.7 cm³/mol. The van der Waals surface area contributed by atoms with Crippen LogP contribution < -0.4 is 10.1 Å². The van der Waals surface area contributed by atoms with E-state index < -0.39 is 0 Å². The maximum atomic E-state index is 5.45. The molecule has 0 bridgehead atoms. The number of thiophene rings is 1. The highest BCUT2D eigenvalue weighted by Gasteiger charge is 2.05. The van der Waals surface area contributed by atoms with Crippen LogP contribution in [0.3, 0.4) is 0 Å². The fourth-order valence-corrected chi connectivity index (χ4v) is 3.15. The molecule has 0 amide bonds. The van der Waals surface area contributed by atoms with Crippen molar-refractivity contribution in [2.75, 3.05) is 6.61 Å². The van der Waals surface area contributed by atoms with E-state index in [1.54, 1.807) is 0 Å². The monoisotopic (exact) mass is 289 g/mol. The number of rotatable bonds is 7. The molecule has 1 N–H and O–H groups in total. The minimum Gasteiger partial charge on any atom is -0.494 e. The number of hydrogen-bond donors (Lipinski definition) is 1. The van der Waals surface area contributed by atoms with Crippen LogP contribution >= 0.6 is 11.3 Å². The summed E-state index contributed by atoms with van der Waals surface area (Å²) >= 11 is 1.89. The van der Waals surface area contributed by atoms with Gasteiger partial charge in [-0.15, -0.1) is 11.3 Å². The average Bonchev–Trinajstić information content (AvgIpc) is 2.84. The maximum absolute atomic E-state index is 5.45. The van der Waals surface area contributed by atoms with E-state index >= 15 is 0 Å². The number of ether oxygens (including phenoxy) is 1. The molecular weight excluding hydrogens is 266 g/mol. The minimum atomic E-state index is 0.486. The number of aryl methyl sites for hydroxylation is 1. The molecule has 1 aromatic carbocycles. The van der Waals surface area contributed by atoms with Gasteiger partial charge in [-0.05, 0) is 57.0 Å². The summed E-state index contributed by atoms with van der Waals surface area (Å²) in [6.45, 7) is 8.02. The van der Waals surface area contributed by atoms with Gasteiger partial charge < -0.3 is 10.1 Å². The van der Waals surface area contributed by atoms with E-state index in [2.05, 4.69) is 43.4 Å². The molecule has 0 saturated heterocycles. The molecule has 2 rings (SSSR count). The lowest BCUT2D eigenvalue weighted by Crippen LogP contribution is -2.27. The SMILES string of the molecule is CCOc1ccc(CNC(C)Cc2ccc(C)s2)cc1. The van der Waals surface area contributed by atoms with Gasteiger partial charge in [-0.2, -0.15) is 0 Å². The third-order valence-electron chi connectivity index (χ3n) is 3.19. The first-order valence-electron chi connectivity index (χ1n) is 7.18. The first-order valence-corrected chi connectivity index (χ1v) is 7.99. The lowest BCUT2D eigenvalue weighted by molar-refractivity contribution is 0.340. The van der Waals surface area contributed by atoms with Gasteiger partial charge in [0.2, 0.25) is 0 Å². The molecule has 0 aliphatic carbocycles. The van der Waals surface area contributed by atoms with Crippen molar-refractivity contribution < 1.29 is 4.74 Å². The fourth-order valence-electron chi connectivity index (χ4n) is 2.13. The Morgan fingerprint density at radius 1 is 1.15 bits per heavy atom. The number of nitrogens with one attached hydrogen (secondary N) is 1. The topological polar surface area (TPSA) is 21.3 Å². The van der Waals surface area contributed by atoms with Crippen LogP contribution in [0.15, 0.2) is 36.4 Å². The summed E-state index contributed by atoms with van der Waals surface area (Å²) in [4.78, 5) is 2.84. The van der Waals surface area contributed by atoms with Gasteiger partial charge in [0.05, 0.1) is 6.61 Å². The Morgan fingerprint density at radius 2 is 1.90 bits per heavy atom. The van der Waals surface area contributed by atoms with Gasteiger partial charge in [0.1, 0.15) is 5.75 Å². The second kappa shape index (κ2) is 7.46. The van der Waals surface area contributed by atoms with Crippen LogP contribution in [0.25, 0.3) is 0 Å². The third kappa shape index (κ3) is 4.66. The molecule has 1 aromatic heterocycles. The molecule has 20 heavy (non-hydrogen) atoms. The van der Waals surface area contributed by atoms with Crippen LogP contribution in [-0.2, 0) is 13.0 Å². The van der Waals surface area contributed by atoms with Crippen molar-refractivity contribution in [3.63, 3.8) is 0 Å². The van der Waals surface area contributed by atoms with Crippen LogP contribution in [0.1, 0.15) is 29.2 Å². The van der Waals surface area contributed by atoms with E-state index in [4.69, 9.17) is 4.74 Å². The molecule has 0 aliphatic heterocycles. The van der Waals surface area contributed by atoms with Crippen molar-refractivity contribution in [2.45, 2.75) is 39.8 Å². The number of hydrogen-bond acceptors (Lipinski definition) is 3. The molecule has 2 nitrogen and oxygen atoms in total. The molecule has 0 radical (unpaired) electrons. The van der Waals surface area contributed by atoms with Crippen LogP contribution in [0, 0.1) is 6.92 Å². The Balaban J connectivity index is 1.79. The van der Waals surface area contributed by atoms with Crippen LogP contribution in [0.4, 0.5) is 0 Å². The molecule has 0 spiro atoms. The first kappa shape index (κ1) is 15.1. The third-order valence-corrected chi connectivity index (χ3v) is 4.22. The summed E-state index contributed by atoms with van der Waals surface area (Å²) in [7, 11) is 0. The van der Waals surface area contributed by atoms with Crippen LogP contribution in [0.2, 0.25) is 0 Å². The van der Waals surface area contributed by atoms with Crippen molar-refractivity contribution in [2.24, 2.45) is 0 Å². The van der Waals surface area contributed by atoms with Gasteiger partial charge in [-0.25, -0.2) is 0 Å². The van der Waals surface area contributed by atoms with E-state index in [0.717, 1.165) is 25.3 Å². The van der Waals surface area contributed by atoms with E-state index in [1.165, 1.54) is 15.3 Å². The molecule has 0 saturated carbocycles. The molecule has 1 atom stereocenters. The Morgan fingerprint density at radius 3 is 2.50 bits per heavy atom. The smallest absolute Gasteiger partial charge is 0.119 e. The Hall–Kier alpha value is -1.32. The molecular formula is C17H23NOS. The highest BCUT2D eigenvalue weighted by atomic mass is 32.1. The summed E-state index contributed by atoms with van der Waals surface area (Å²) in [6, 6.07) is 13.2. The Kier molecular flexibility index (Phi) is 5.62. The summed E-state index contributed by atoms with van der Waals surface area (Å²) in [5.41, 5.74) is 1.29. The van der Waals surface area contributed by atoms with Gasteiger partial charge in [0.15, 0.2) is 0 Å². The lowest BCUT2D eigenvalue weighted by Gasteiger charge is -2.13. The largest absolute Gasteiger partial charge is 0.494 e. The first-order chi connectivity index (χ1) is 9.67. The van der Waals surface area contributed by atoms with Crippen molar-refractivity contribution in [1.82, 2.24) is 5.32 Å². The second-order valence-electron chi connectivity index (χ2n) is 5.08. The molecule has 1 heterocycles. The van der Waals surface area contributed by atoms with E-state index in [-0.39, 0.29) is 0 Å². The van der Waals surface area contributed by atoms with Gasteiger partial charge in [0.25, 0.3) is 0 Å². The van der Waals surface area contributed by atoms with Crippen LogP contribution in [0.5, 0.6) is 5.75 Å². The molecule has 3 heteroatoms. The molecule has 2 aromatic rings. The summed E-state index contributed by atoms with van der Waals surface area (Å²) in [5, 5.41) is 3.57. The molecule has 0 fully saturated rings. The van der Waals surface area contributed by atoms with E-state index in [9.17, 15) is 0 Å². The quantitative estimate of drug-likeness (QED) is 0.825. The second-order valence-corrected chi connectivity index (χ2v) is 6.45. The summed E-state index contributed by atoms with van der Waals surface area (Å²) in [5.74, 6) is 0.943. The van der Waals surface area contributed by atoms with Crippen LogP contribution in [-0.4, -0.2) is 12.6 Å². The lowest BCUT2D eigenvalue weighted by atomic mass is 10.1. The summed E-state index contributed by atoms with van der Waals surface area (Å²) < 4.78 is 5.45. The zero-order chi connectivity index (χ0) is 14.4. The number of benzene rings is 1. The van der Waals surface area contributed by atoms with Gasteiger partial charge in [0, 0.05) is 22.3 Å². The Bertz CT molecular complexity index is 518. The van der Waals surface area contributed by atoms with Crippen molar-refractivity contribution >= 4 is 11.3 Å². The molecule has 1 unspecified atom stereocenters. The van der Waals surface area contributed by atoms with E-state index in [1.807, 2.05) is 30.4 Å². The standard InChI is InChI=1S/C17H23NOS/c1-4-19-16-8-6-15(7-9-16)12-18-13(2)11-17-10-5-14(3)20-17/h5-10,13,18H,4,11-12H2,1-3H3. The highest BCUT2D eigenvalue weighted by Crippen LogP contribution is 2.17. The van der Waals surface area contributed by atoms with Gasteiger partial charge >= 0.3 is 0 Å². The highest BCUT2D eigenvalue weighted by molar-refractivity contribution is 7.11. The van der Waals surface area contributed by atoms with Crippen molar-refractivity contribution in [3.8, 4) is 5.75 Å². The maximum Gasteiger partial charge on any atom is 0.119 e. The zero-order valence-corrected chi connectivity index (χ0v) is 13.3. The summed E-state index contributed by atoms with van der Waals surface area (Å²) in [6.07, 6.45) is 1.09. The minimum absolute atomic E-state index is 0.486.